The lowest BCUT2D eigenvalue weighted by Gasteiger charge is -2.10. The molecule has 0 heterocycles. The SMILES string of the molecule is O=C(O)CCCCC[C@@H](O)CCCCCCCCCO. The molecule has 4 heteroatoms. The summed E-state index contributed by atoms with van der Waals surface area (Å²) in [4.78, 5) is 10.3. The molecule has 0 aromatic heterocycles. The third kappa shape index (κ3) is 15.4. The van der Waals surface area contributed by atoms with Gasteiger partial charge in [-0.3, -0.25) is 4.79 Å². The zero-order chi connectivity index (χ0) is 15.1. The molecule has 20 heavy (non-hydrogen) atoms. The molecule has 0 rings (SSSR count). The van der Waals surface area contributed by atoms with Gasteiger partial charge in [0.15, 0.2) is 0 Å². The average molecular weight is 288 g/mol. The Morgan fingerprint density at radius 3 is 1.70 bits per heavy atom. The molecule has 0 aliphatic rings. The van der Waals surface area contributed by atoms with Crippen LogP contribution in [0.15, 0.2) is 0 Å². The van der Waals surface area contributed by atoms with E-state index in [1.807, 2.05) is 0 Å². The minimum atomic E-state index is -0.732. The van der Waals surface area contributed by atoms with Crippen LogP contribution in [-0.4, -0.2) is 34.0 Å². The Balaban J connectivity index is 3.16. The summed E-state index contributed by atoms with van der Waals surface area (Å²) >= 11 is 0. The monoisotopic (exact) mass is 288 g/mol. The Morgan fingerprint density at radius 1 is 0.750 bits per heavy atom. The first-order valence-electron chi connectivity index (χ1n) is 8.17. The summed E-state index contributed by atoms with van der Waals surface area (Å²) in [6, 6.07) is 0. The van der Waals surface area contributed by atoms with Gasteiger partial charge in [0, 0.05) is 13.0 Å². The molecule has 0 aromatic carbocycles. The molecule has 0 saturated carbocycles. The summed E-state index contributed by atoms with van der Waals surface area (Å²) in [5.41, 5.74) is 0. The molecular weight excluding hydrogens is 256 g/mol. The third-order valence-electron chi connectivity index (χ3n) is 3.62. The predicted octanol–water partition coefficient (Wildman–Crippen LogP) is 3.50. The Bertz CT molecular complexity index is 219. The normalized spacial score (nSPS) is 12.5. The standard InChI is InChI=1S/C16H32O4/c17-14-10-5-3-1-2-4-7-11-15(18)12-8-6-9-13-16(19)20/h15,17-18H,1-14H2,(H,19,20)/t15-/m0/s1. The van der Waals surface area contributed by atoms with Crippen molar-refractivity contribution in [3.63, 3.8) is 0 Å². The number of hydrogen-bond donors (Lipinski definition) is 3. The Labute approximate surface area is 123 Å². The highest BCUT2D eigenvalue weighted by atomic mass is 16.4. The molecule has 0 aromatic rings. The molecule has 0 amide bonds. The number of hydrogen-bond acceptors (Lipinski definition) is 3. The highest BCUT2D eigenvalue weighted by Crippen LogP contribution is 2.13. The highest BCUT2D eigenvalue weighted by Gasteiger charge is 2.04. The van der Waals surface area contributed by atoms with Gasteiger partial charge in [0.2, 0.25) is 0 Å². The molecular formula is C16H32O4. The molecule has 4 nitrogen and oxygen atoms in total. The predicted molar refractivity (Wildman–Crippen MR) is 80.7 cm³/mol. The van der Waals surface area contributed by atoms with Gasteiger partial charge >= 0.3 is 5.97 Å². The largest absolute Gasteiger partial charge is 0.481 e. The van der Waals surface area contributed by atoms with E-state index in [0.717, 1.165) is 51.4 Å². The smallest absolute Gasteiger partial charge is 0.303 e. The van der Waals surface area contributed by atoms with Crippen LogP contribution in [0, 0.1) is 0 Å². The number of carboxylic acid groups (broad SMARTS) is 1. The van der Waals surface area contributed by atoms with Gasteiger partial charge in [-0.15, -0.1) is 0 Å². The number of aliphatic hydroxyl groups excluding tert-OH is 2. The minimum absolute atomic E-state index is 0.214. The first-order valence-corrected chi connectivity index (χ1v) is 8.17. The second-order valence-electron chi connectivity index (χ2n) is 5.63. The van der Waals surface area contributed by atoms with Crippen molar-refractivity contribution >= 4 is 5.97 Å². The number of aliphatic hydroxyl groups is 2. The van der Waals surface area contributed by atoms with E-state index >= 15 is 0 Å². The van der Waals surface area contributed by atoms with E-state index in [2.05, 4.69) is 0 Å². The summed E-state index contributed by atoms with van der Waals surface area (Å²) in [6.07, 6.45) is 12.2. The summed E-state index contributed by atoms with van der Waals surface area (Å²) < 4.78 is 0. The van der Waals surface area contributed by atoms with Crippen molar-refractivity contribution in [3.05, 3.63) is 0 Å². The Kier molecular flexibility index (Phi) is 14.3. The van der Waals surface area contributed by atoms with Crippen molar-refractivity contribution < 1.29 is 20.1 Å². The van der Waals surface area contributed by atoms with Crippen molar-refractivity contribution in [1.82, 2.24) is 0 Å². The van der Waals surface area contributed by atoms with E-state index < -0.39 is 5.97 Å². The average Bonchev–Trinajstić information content (AvgIpc) is 2.41. The number of carboxylic acids is 1. The van der Waals surface area contributed by atoms with Crippen LogP contribution >= 0.6 is 0 Å². The molecule has 120 valence electrons. The van der Waals surface area contributed by atoms with Gasteiger partial charge in [-0.1, -0.05) is 51.4 Å². The topological polar surface area (TPSA) is 77.8 Å². The van der Waals surface area contributed by atoms with Crippen LogP contribution in [0.3, 0.4) is 0 Å². The van der Waals surface area contributed by atoms with Gasteiger partial charge in [-0.2, -0.15) is 0 Å². The lowest BCUT2D eigenvalue weighted by Crippen LogP contribution is -2.06. The molecule has 1 atom stereocenters. The quantitative estimate of drug-likeness (QED) is 0.403. The lowest BCUT2D eigenvalue weighted by atomic mass is 10.0. The van der Waals surface area contributed by atoms with Crippen molar-refractivity contribution in [1.29, 1.82) is 0 Å². The first-order chi connectivity index (χ1) is 9.66. The Morgan fingerprint density at radius 2 is 1.20 bits per heavy atom. The highest BCUT2D eigenvalue weighted by molar-refractivity contribution is 5.66. The summed E-state index contributed by atoms with van der Waals surface area (Å²) in [7, 11) is 0. The van der Waals surface area contributed by atoms with Crippen molar-refractivity contribution in [2.45, 2.75) is 89.6 Å². The molecule has 0 fully saturated rings. The zero-order valence-corrected chi connectivity index (χ0v) is 12.7. The van der Waals surface area contributed by atoms with Crippen molar-refractivity contribution in [3.8, 4) is 0 Å². The van der Waals surface area contributed by atoms with Gasteiger partial charge in [0.25, 0.3) is 0 Å². The van der Waals surface area contributed by atoms with Gasteiger partial charge in [0.1, 0.15) is 0 Å². The van der Waals surface area contributed by atoms with Crippen molar-refractivity contribution in [2.75, 3.05) is 6.61 Å². The van der Waals surface area contributed by atoms with Crippen LogP contribution in [0.2, 0.25) is 0 Å². The van der Waals surface area contributed by atoms with Crippen LogP contribution < -0.4 is 0 Å². The van der Waals surface area contributed by atoms with E-state index in [1.54, 1.807) is 0 Å². The maximum Gasteiger partial charge on any atom is 0.303 e. The number of unbranched alkanes of at least 4 members (excludes halogenated alkanes) is 8. The molecule has 0 radical (unpaired) electrons. The minimum Gasteiger partial charge on any atom is -0.481 e. The maximum absolute atomic E-state index is 10.3. The molecule has 0 aliphatic carbocycles. The van der Waals surface area contributed by atoms with E-state index in [9.17, 15) is 9.90 Å². The van der Waals surface area contributed by atoms with E-state index in [4.69, 9.17) is 10.2 Å². The van der Waals surface area contributed by atoms with Gasteiger partial charge in [0.05, 0.1) is 6.10 Å². The van der Waals surface area contributed by atoms with Crippen molar-refractivity contribution in [2.24, 2.45) is 0 Å². The number of carbonyl (C=O) groups is 1. The molecule has 0 unspecified atom stereocenters. The molecule has 0 saturated heterocycles. The second-order valence-corrected chi connectivity index (χ2v) is 5.63. The van der Waals surface area contributed by atoms with Gasteiger partial charge in [-0.25, -0.2) is 0 Å². The van der Waals surface area contributed by atoms with Gasteiger partial charge < -0.3 is 15.3 Å². The van der Waals surface area contributed by atoms with E-state index in [1.165, 1.54) is 25.7 Å². The molecule has 3 N–H and O–H groups in total. The van der Waals surface area contributed by atoms with E-state index in [0.29, 0.717) is 6.61 Å². The fourth-order valence-electron chi connectivity index (χ4n) is 2.35. The lowest BCUT2D eigenvalue weighted by molar-refractivity contribution is -0.137. The molecule has 0 bridgehead atoms. The fourth-order valence-corrected chi connectivity index (χ4v) is 2.35. The maximum atomic E-state index is 10.3. The van der Waals surface area contributed by atoms with Crippen LogP contribution in [-0.2, 0) is 4.79 Å². The van der Waals surface area contributed by atoms with Crippen LogP contribution in [0.5, 0.6) is 0 Å². The summed E-state index contributed by atoms with van der Waals surface area (Å²) in [5, 5.41) is 26.9. The first kappa shape index (κ1) is 19.4. The number of rotatable bonds is 15. The fraction of sp³-hybridized carbons (Fsp3) is 0.938. The summed E-state index contributed by atoms with van der Waals surface area (Å²) in [5.74, 6) is -0.732. The molecule has 0 spiro atoms. The summed E-state index contributed by atoms with van der Waals surface area (Å²) in [6.45, 7) is 0.304. The van der Waals surface area contributed by atoms with Crippen LogP contribution in [0.1, 0.15) is 83.5 Å². The van der Waals surface area contributed by atoms with E-state index in [-0.39, 0.29) is 12.5 Å². The third-order valence-corrected chi connectivity index (χ3v) is 3.62. The number of aliphatic carboxylic acids is 1. The van der Waals surface area contributed by atoms with Crippen LogP contribution in [0.4, 0.5) is 0 Å². The molecule has 0 aliphatic heterocycles. The zero-order valence-electron chi connectivity index (χ0n) is 12.7. The second kappa shape index (κ2) is 14.8. The van der Waals surface area contributed by atoms with Gasteiger partial charge in [-0.05, 0) is 25.7 Å². The Hall–Kier alpha value is -0.610. The van der Waals surface area contributed by atoms with Crippen LogP contribution in [0.25, 0.3) is 0 Å².